The predicted octanol–water partition coefficient (Wildman–Crippen LogP) is 4.82. The molecule has 5 heteroatoms. The predicted molar refractivity (Wildman–Crippen MR) is 79.5 cm³/mol. The summed E-state index contributed by atoms with van der Waals surface area (Å²) in [7, 11) is 0. The lowest BCUT2D eigenvalue weighted by molar-refractivity contribution is 0.376. The number of hydrogen-bond acceptors (Lipinski definition) is 3. The highest BCUT2D eigenvalue weighted by molar-refractivity contribution is 6.36. The first-order valence-electron chi connectivity index (χ1n) is 6.18. The van der Waals surface area contributed by atoms with Gasteiger partial charge in [0.25, 0.3) is 0 Å². The van der Waals surface area contributed by atoms with E-state index in [1.807, 2.05) is 6.07 Å². The van der Waals surface area contributed by atoms with Gasteiger partial charge in [-0.2, -0.15) is 0 Å². The SMILES string of the molecule is CC(C)CCc1onc(N)c1-c1ccc(Cl)cc1Cl. The Morgan fingerprint density at radius 3 is 2.68 bits per heavy atom. The standard InChI is InChI=1S/C14H16Cl2N2O/c1-8(2)3-6-12-13(14(17)18-19-12)10-5-4-9(15)7-11(10)16/h4-5,7-8H,3,6H2,1-2H3,(H2,17,18). The third-order valence-corrected chi connectivity index (χ3v) is 3.49. The maximum Gasteiger partial charge on any atom is 0.175 e. The van der Waals surface area contributed by atoms with E-state index in [4.69, 9.17) is 33.5 Å². The largest absolute Gasteiger partial charge is 0.380 e. The van der Waals surface area contributed by atoms with E-state index in [2.05, 4.69) is 19.0 Å². The summed E-state index contributed by atoms with van der Waals surface area (Å²) in [5, 5.41) is 4.99. The average molecular weight is 299 g/mol. The van der Waals surface area contributed by atoms with Crippen LogP contribution >= 0.6 is 23.2 Å². The van der Waals surface area contributed by atoms with Crippen molar-refractivity contribution in [2.75, 3.05) is 5.73 Å². The molecule has 0 aliphatic rings. The zero-order chi connectivity index (χ0) is 14.0. The molecule has 1 heterocycles. The number of nitrogens with zero attached hydrogens (tertiary/aromatic N) is 1. The number of hydrogen-bond donors (Lipinski definition) is 1. The Bertz CT molecular complexity index is 579. The Morgan fingerprint density at radius 1 is 1.32 bits per heavy atom. The molecule has 0 atom stereocenters. The fourth-order valence-corrected chi connectivity index (χ4v) is 2.41. The maximum atomic E-state index is 6.22. The minimum absolute atomic E-state index is 0.364. The molecule has 102 valence electrons. The highest BCUT2D eigenvalue weighted by Gasteiger charge is 2.18. The second kappa shape index (κ2) is 5.85. The van der Waals surface area contributed by atoms with Gasteiger partial charge in [-0.15, -0.1) is 0 Å². The second-order valence-corrected chi connectivity index (χ2v) is 5.77. The molecule has 0 saturated carbocycles. The first-order chi connectivity index (χ1) is 8.99. The van der Waals surface area contributed by atoms with Crippen molar-refractivity contribution in [1.29, 1.82) is 0 Å². The summed E-state index contributed by atoms with van der Waals surface area (Å²) in [6, 6.07) is 5.31. The number of aromatic nitrogens is 1. The summed E-state index contributed by atoms with van der Waals surface area (Å²) >= 11 is 12.1. The van der Waals surface area contributed by atoms with Crippen LogP contribution in [0.4, 0.5) is 5.82 Å². The second-order valence-electron chi connectivity index (χ2n) is 4.92. The number of anilines is 1. The lowest BCUT2D eigenvalue weighted by atomic mass is 10.0. The molecule has 19 heavy (non-hydrogen) atoms. The van der Waals surface area contributed by atoms with Gasteiger partial charge in [-0.25, -0.2) is 0 Å². The van der Waals surface area contributed by atoms with Crippen LogP contribution in [0.25, 0.3) is 11.1 Å². The quantitative estimate of drug-likeness (QED) is 0.880. The molecular formula is C14H16Cl2N2O. The normalized spacial score (nSPS) is 11.2. The van der Waals surface area contributed by atoms with E-state index in [1.54, 1.807) is 12.1 Å². The van der Waals surface area contributed by atoms with Crippen LogP contribution in [0.3, 0.4) is 0 Å². The van der Waals surface area contributed by atoms with Crippen molar-refractivity contribution in [2.24, 2.45) is 5.92 Å². The summed E-state index contributed by atoms with van der Waals surface area (Å²) in [5.41, 5.74) is 7.48. The fraction of sp³-hybridized carbons (Fsp3) is 0.357. The number of rotatable bonds is 4. The third kappa shape index (κ3) is 3.23. The number of aryl methyl sites for hydroxylation is 1. The molecule has 0 aliphatic carbocycles. The van der Waals surface area contributed by atoms with Gasteiger partial charge in [-0.1, -0.05) is 48.3 Å². The lowest BCUT2D eigenvalue weighted by Gasteiger charge is -2.06. The van der Waals surface area contributed by atoms with Crippen molar-refractivity contribution >= 4 is 29.0 Å². The van der Waals surface area contributed by atoms with E-state index in [9.17, 15) is 0 Å². The molecule has 0 spiro atoms. The topological polar surface area (TPSA) is 52.0 Å². The van der Waals surface area contributed by atoms with E-state index in [0.717, 1.165) is 29.7 Å². The van der Waals surface area contributed by atoms with Gasteiger partial charge < -0.3 is 10.3 Å². The molecule has 2 N–H and O–H groups in total. The van der Waals surface area contributed by atoms with Crippen molar-refractivity contribution in [3.63, 3.8) is 0 Å². The summed E-state index contributed by atoms with van der Waals surface area (Å²) < 4.78 is 5.32. The van der Waals surface area contributed by atoms with Crippen molar-refractivity contribution in [1.82, 2.24) is 5.16 Å². The highest BCUT2D eigenvalue weighted by Crippen LogP contribution is 2.36. The van der Waals surface area contributed by atoms with Gasteiger partial charge >= 0.3 is 0 Å². The third-order valence-electron chi connectivity index (χ3n) is 2.94. The first kappa shape index (κ1) is 14.2. The lowest BCUT2D eigenvalue weighted by Crippen LogP contribution is -1.95. The van der Waals surface area contributed by atoms with Crippen LogP contribution in [0.1, 0.15) is 26.0 Å². The summed E-state index contributed by atoms with van der Waals surface area (Å²) in [4.78, 5) is 0. The zero-order valence-electron chi connectivity index (χ0n) is 10.9. The fourth-order valence-electron chi connectivity index (χ4n) is 1.91. The van der Waals surface area contributed by atoms with Crippen molar-refractivity contribution < 1.29 is 4.52 Å². The van der Waals surface area contributed by atoms with Gasteiger partial charge in [0.05, 0.1) is 10.6 Å². The van der Waals surface area contributed by atoms with Crippen LogP contribution in [-0.4, -0.2) is 5.16 Å². The van der Waals surface area contributed by atoms with Gasteiger partial charge in [0.1, 0.15) is 5.76 Å². The highest BCUT2D eigenvalue weighted by atomic mass is 35.5. The monoisotopic (exact) mass is 298 g/mol. The van der Waals surface area contributed by atoms with Crippen molar-refractivity contribution in [3.05, 3.63) is 34.0 Å². The summed E-state index contributed by atoms with van der Waals surface area (Å²) in [6.45, 7) is 4.32. The molecule has 0 unspecified atom stereocenters. The Balaban J connectivity index is 2.40. The Morgan fingerprint density at radius 2 is 2.05 bits per heavy atom. The molecule has 1 aromatic heterocycles. The Labute approximate surface area is 122 Å². The molecule has 0 saturated heterocycles. The van der Waals surface area contributed by atoms with Crippen LogP contribution in [-0.2, 0) is 6.42 Å². The molecule has 0 amide bonds. The van der Waals surface area contributed by atoms with Crippen LogP contribution in [0, 0.1) is 5.92 Å². The molecule has 0 radical (unpaired) electrons. The zero-order valence-corrected chi connectivity index (χ0v) is 12.4. The van der Waals surface area contributed by atoms with Crippen LogP contribution in [0.2, 0.25) is 10.0 Å². The summed E-state index contributed by atoms with van der Waals surface area (Å²) in [6.07, 6.45) is 1.79. The summed E-state index contributed by atoms with van der Waals surface area (Å²) in [5.74, 6) is 1.72. The van der Waals surface area contributed by atoms with E-state index in [0.29, 0.717) is 21.8 Å². The van der Waals surface area contributed by atoms with Gasteiger partial charge in [0, 0.05) is 17.0 Å². The molecule has 2 aromatic rings. The molecule has 1 aromatic carbocycles. The number of halogens is 2. The smallest absolute Gasteiger partial charge is 0.175 e. The first-order valence-corrected chi connectivity index (χ1v) is 6.94. The minimum Gasteiger partial charge on any atom is -0.380 e. The van der Waals surface area contributed by atoms with Crippen LogP contribution < -0.4 is 5.73 Å². The van der Waals surface area contributed by atoms with Gasteiger partial charge in [0.15, 0.2) is 5.82 Å². The average Bonchev–Trinajstić information content (AvgIpc) is 2.68. The Hall–Kier alpha value is -1.19. The molecular weight excluding hydrogens is 283 g/mol. The van der Waals surface area contributed by atoms with E-state index < -0.39 is 0 Å². The van der Waals surface area contributed by atoms with Crippen LogP contribution in [0.15, 0.2) is 22.7 Å². The van der Waals surface area contributed by atoms with Crippen molar-refractivity contribution in [3.8, 4) is 11.1 Å². The number of nitrogen functional groups attached to an aromatic ring is 1. The van der Waals surface area contributed by atoms with E-state index >= 15 is 0 Å². The maximum absolute atomic E-state index is 6.22. The molecule has 2 rings (SSSR count). The molecule has 0 aliphatic heterocycles. The van der Waals surface area contributed by atoms with Gasteiger partial charge in [-0.3, -0.25) is 0 Å². The van der Waals surface area contributed by atoms with E-state index in [-0.39, 0.29) is 0 Å². The molecule has 0 fully saturated rings. The van der Waals surface area contributed by atoms with Crippen LogP contribution in [0.5, 0.6) is 0 Å². The minimum atomic E-state index is 0.364. The van der Waals surface area contributed by atoms with Gasteiger partial charge in [0.2, 0.25) is 0 Å². The van der Waals surface area contributed by atoms with Crippen molar-refractivity contribution in [2.45, 2.75) is 26.7 Å². The number of nitrogens with two attached hydrogens (primary N) is 1. The van der Waals surface area contributed by atoms with Gasteiger partial charge in [-0.05, 0) is 24.5 Å². The number of benzene rings is 1. The van der Waals surface area contributed by atoms with E-state index in [1.165, 1.54) is 0 Å². The molecule has 3 nitrogen and oxygen atoms in total. The Kier molecular flexibility index (Phi) is 4.38. The molecule has 0 bridgehead atoms.